The summed E-state index contributed by atoms with van der Waals surface area (Å²) in [6, 6.07) is 3.49. The monoisotopic (exact) mass is 366 g/mol. The summed E-state index contributed by atoms with van der Waals surface area (Å²) in [6.07, 6.45) is 6.92. The van der Waals surface area contributed by atoms with Crippen molar-refractivity contribution in [3.63, 3.8) is 0 Å². The Bertz CT molecular complexity index is 499. The molecular formula is C19H30N2O5. The van der Waals surface area contributed by atoms with Crippen LogP contribution in [0.25, 0.3) is 0 Å². The van der Waals surface area contributed by atoms with Crippen molar-refractivity contribution >= 4 is 0 Å². The van der Waals surface area contributed by atoms with Crippen molar-refractivity contribution in [3.05, 3.63) is 24.0 Å². The minimum absolute atomic E-state index is 0.454. The van der Waals surface area contributed by atoms with Gasteiger partial charge in [0.15, 0.2) is 0 Å². The zero-order chi connectivity index (χ0) is 18.9. The summed E-state index contributed by atoms with van der Waals surface area (Å²) < 4.78 is 26.9. The van der Waals surface area contributed by atoms with Crippen LogP contribution in [0.15, 0.2) is 18.3 Å². The molecule has 0 bridgehead atoms. The highest BCUT2D eigenvalue weighted by Gasteiger charge is 2.04. The lowest BCUT2D eigenvalue weighted by atomic mass is 10.3. The van der Waals surface area contributed by atoms with E-state index in [9.17, 15) is 0 Å². The van der Waals surface area contributed by atoms with E-state index in [1.165, 1.54) is 0 Å². The van der Waals surface area contributed by atoms with Crippen molar-refractivity contribution in [1.29, 1.82) is 0 Å². The van der Waals surface area contributed by atoms with Gasteiger partial charge in [-0.15, -0.1) is 6.42 Å². The summed E-state index contributed by atoms with van der Waals surface area (Å²) in [5.74, 6) is 3.17. The minimum atomic E-state index is 0.454. The first kappa shape index (κ1) is 22.4. The molecule has 0 N–H and O–H groups in total. The van der Waals surface area contributed by atoms with Crippen LogP contribution in [0, 0.1) is 12.3 Å². The van der Waals surface area contributed by atoms with Crippen LogP contribution in [0.4, 0.5) is 0 Å². The molecule has 0 radical (unpaired) electrons. The van der Waals surface area contributed by atoms with Gasteiger partial charge in [-0.25, -0.2) is 4.98 Å². The molecule has 7 heteroatoms. The maximum atomic E-state index is 5.60. The predicted octanol–water partition coefficient (Wildman–Crippen LogP) is 1.07. The average molecular weight is 366 g/mol. The Labute approximate surface area is 156 Å². The second-order valence-corrected chi connectivity index (χ2v) is 5.42. The lowest BCUT2D eigenvalue weighted by molar-refractivity contribution is 0.0244. The van der Waals surface area contributed by atoms with Crippen molar-refractivity contribution in [2.45, 2.75) is 0 Å². The number of hydrogen-bond donors (Lipinski definition) is 0. The van der Waals surface area contributed by atoms with Crippen molar-refractivity contribution in [3.8, 4) is 18.1 Å². The Hall–Kier alpha value is -1.69. The topological polar surface area (TPSA) is 62.3 Å². The van der Waals surface area contributed by atoms with E-state index in [0.717, 1.165) is 19.6 Å². The molecule has 0 unspecified atom stereocenters. The highest BCUT2D eigenvalue weighted by atomic mass is 16.5. The third-order valence-electron chi connectivity index (χ3n) is 3.52. The lowest BCUT2D eigenvalue weighted by Crippen LogP contribution is -2.33. The Kier molecular flexibility index (Phi) is 13.4. The van der Waals surface area contributed by atoms with Crippen LogP contribution in [0.3, 0.4) is 0 Å². The van der Waals surface area contributed by atoms with E-state index in [1.807, 2.05) is 0 Å². The molecule has 0 spiro atoms. The van der Waals surface area contributed by atoms with Crippen molar-refractivity contribution in [2.75, 3.05) is 80.1 Å². The van der Waals surface area contributed by atoms with Crippen LogP contribution in [0.1, 0.15) is 5.69 Å². The molecular weight excluding hydrogens is 336 g/mol. The van der Waals surface area contributed by atoms with Gasteiger partial charge in [-0.05, 0) is 6.07 Å². The van der Waals surface area contributed by atoms with Crippen LogP contribution in [0.2, 0.25) is 0 Å². The van der Waals surface area contributed by atoms with E-state index in [4.69, 9.17) is 30.1 Å². The molecule has 0 saturated carbocycles. The molecule has 0 aliphatic heterocycles. The minimum Gasteiger partial charge on any atom is -0.491 e. The summed E-state index contributed by atoms with van der Waals surface area (Å²) in [4.78, 5) is 6.26. The Morgan fingerprint density at radius 1 is 0.923 bits per heavy atom. The number of nitrogens with zero attached hydrogens (tertiary/aromatic N) is 2. The number of ether oxygens (including phenoxy) is 5. The average Bonchev–Trinajstić information content (AvgIpc) is 2.68. The number of pyridine rings is 1. The summed E-state index contributed by atoms with van der Waals surface area (Å²) in [6.45, 7) is 6.67. The van der Waals surface area contributed by atoms with Crippen molar-refractivity contribution in [1.82, 2.24) is 9.88 Å². The number of terminal acetylenes is 1. The zero-order valence-electron chi connectivity index (χ0n) is 15.8. The summed E-state index contributed by atoms with van der Waals surface area (Å²) in [5, 5.41) is 0. The second kappa shape index (κ2) is 15.6. The SMILES string of the molecule is C#Cc1cc(OCCOCCOCCN(CCOC)CCOC)ccn1. The van der Waals surface area contributed by atoms with Gasteiger partial charge in [0.2, 0.25) is 0 Å². The molecule has 146 valence electrons. The largest absolute Gasteiger partial charge is 0.491 e. The highest BCUT2D eigenvalue weighted by Crippen LogP contribution is 2.09. The third-order valence-corrected chi connectivity index (χ3v) is 3.52. The van der Waals surface area contributed by atoms with Crippen molar-refractivity contribution < 1.29 is 23.7 Å². The van der Waals surface area contributed by atoms with E-state index >= 15 is 0 Å². The smallest absolute Gasteiger partial charge is 0.123 e. The summed E-state index contributed by atoms with van der Waals surface area (Å²) in [5.41, 5.74) is 0.557. The van der Waals surface area contributed by atoms with Gasteiger partial charge < -0.3 is 23.7 Å². The van der Waals surface area contributed by atoms with Gasteiger partial charge in [-0.1, -0.05) is 5.92 Å². The van der Waals surface area contributed by atoms with Crippen LogP contribution in [0.5, 0.6) is 5.75 Å². The molecule has 0 saturated heterocycles. The molecule has 1 aromatic heterocycles. The van der Waals surface area contributed by atoms with Crippen LogP contribution < -0.4 is 4.74 Å². The fraction of sp³-hybridized carbons (Fsp3) is 0.632. The molecule has 0 aromatic carbocycles. The first-order chi connectivity index (χ1) is 12.8. The maximum absolute atomic E-state index is 5.60. The standard InChI is InChI=1S/C19H30N2O5/c1-4-18-17-19(5-6-20-18)26-16-15-25-14-13-24-12-9-21(7-10-22-2)8-11-23-3/h1,5-6,17H,7-16H2,2-3H3. The number of methoxy groups -OCH3 is 2. The zero-order valence-corrected chi connectivity index (χ0v) is 15.8. The lowest BCUT2D eigenvalue weighted by Gasteiger charge is -2.21. The summed E-state index contributed by atoms with van der Waals surface area (Å²) in [7, 11) is 3.41. The molecule has 1 heterocycles. The van der Waals surface area contributed by atoms with E-state index in [-0.39, 0.29) is 0 Å². The van der Waals surface area contributed by atoms with E-state index in [0.29, 0.717) is 57.7 Å². The van der Waals surface area contributed by atoms with Gasteiger partial charge >= 0.3 is 0 Å². The molecule has 0 fully saturated rings. The molecule has 1 rings (SSSR count). The number of hydrogen-bond acceptors (Lipinski definition) is 7. The molecule has 7 nitrogen and oxygen atoms in total. The van der Waals surface area contributed by atoms with Gasteiger partial charge in [0, 0.05) is 46.1 Å². The fourth-order valence-electron chi connectivity index (χ4n) is 2.09. The van der Waals surface area contributed by atoms with Crippen LogP contribution in [-0.4, -0.2) is 90.0 Å². The maximum Gasteiger partial charge on any atom is 0.123 e. The first-order valence-corrected chi connectivity index (χ1v) is 8.71. The quantitative estimate of drug-likeness (QED) is 0.320. The van der Waals surface area contributed by atoms with Gasteiger partial charge in [0.25, 0.3) is 0 Å². The normalized spacial score (nSPS) is 10.8. The van der Waals surface area contributed by atoms with Crippen LogP contribution in [-0.2, 0) is 18.9 Å². The Morgan fingerprint density at radius 2 is 1.54 bits per heavy atom. The molecule has 1 aromatic rings. The molecule has 0 amide bonds. The van der Waals surface area contributed by atoms with E-state index in [1.54, 1.807) is 32.5 Å². The van der Waals surface area contributed by atoms with Crippen molar-refractivity contribution in [2.24, 2.45) is 0 Å². The summed E-state index contributed by atoms with van der Waals surface area (Å²) >= 11 is 0. The van der Waals surface area contributed by atoms with E-state index in [2.05, 4.69) is 15.8 Å². The second-order valence-electron chi connectivity index (χ2n) is 5.42. The Balaban J connectivity index is 2.00. The Morgan fingerprint density at radius 3 is 2.19 bits per heavy atom. The first-order valence-electron chi connectivity index (χ1n) is 8.71. The molecule has 0 aliphatic rings. The fourth-order valence-corrected chi connectivity index (χ4v) is 2.09. The molecule has 0 atom stereocenters. The molecule has 26 heavy (non-hydrogen) atoms. The molecule has 0 aliphatic carbocycles. The number of rotatable bonds is 16. The van der Waals surface area contributed by atoms with Gasteiger partial charge in [-0.2, -0.15) is 0 Å². The van der Waals surface area contributed by atoms with Gasteiger partial charge in [-0.3, -0.25) is 4.90 Å². The predicted molar refractivity (Wildman–Crippen MR) is 99.5 cm³/mol. The highest BCUT2D eigenvalue weighted by molar-refractivity contribution is 5.31. The number of aromatic nitrogens is 1. The van der Waals surface area contributed by atoms with Crippen LogP contribution >= 0.6 is 0 Å². The van der Waals surface area contributed by atoms with Gasteiger partial charge in [0.1, 0.15) is 18.1 Å². The third kappa shape index (κ3) is 11.0. The van der Waals surface area contributed by atoms with E-state index < -0.39 is 0 Å². The van der Waals surface area contributed by atoms with Gasteiger partial charge in [0.05, 0.1) is 39.6 Å².